The van der Waals surface area contributed by atoms with Crippen LogP contribution < -0.4 is 10.1 Å². The standard InChI is InChI=1S/C23H28FN5O3/c1-15(30)28-12-10-19-18(13-28)22(25-2)27-23(26-19)20-5-3-4-11-29(20)21(31)14-32-17-8-6-16(24)7-9-17/h6-9,20H,3-5,10-14H2,1-2H3,(H,25,26,27)/t20-/m1/s1. The molecule has 1 aromatic heterocycles. The van der Waals surface area contributed by atoms with Crippen molar-refractivity contribution < 1.29 is 18.7 Å². The first-order valence-corrected chi connectivity index (χ1v) is 11.0. The largest absolute Gasteiger partial charge is 0.484 e. The van der Waals surface area contributed by atoms with Crippen molar-refractivity contribution in [3.05, 3.63) is 47.2 Å². The lowest BCUT2D eigenvalue weighted by Gasteiger charge is -2.36. The zero-order valence-corrected chi connectivity index (χ0v) is 18.4. The van der Waals surface area contributed by atoms with Crippen molar-refractivity contribution >= 4 is 17.6 Å². The van der Waals surface area contributed by atoms with Crippen molar-refractivity contribution in [3.63, 3.8) is 0 Å². The van der Waals surface area contributed by atoms with Gasteiger partial charge < -0.3 is 19.9 Å². The molecular weight excluding hydrogens is 413 g/mol. The summed E-state index contributed by atoms with van der Waals surface area (Å²) in [5.74, 6) is 1.32. The van der Waals surface area contributed by atoms with Crippen LogP contribution in [-0.4, -0.2) is 58.3 Å². The quantitative estimate of drug-likeness (QED) is 0.768. The maximum Gasteiger partial charge on any atom is 0.261 e. The van der Waals surface area contributed by atoms with Gasteiger partial charge in [0.2, 0.25) is 5.91 Å². The fraction of sp³-hybridized carbons (Fsp3) is 0.478. The molecule has 2 aliphatic heterocycles. The molecule has 3 heterocycles. The van der Waals surface area contributed by atoms with E-state index in [1.807, 2.05) is 0 Å². The van der Waals surface area contributed by atoms with E-state index >= 15 is 0 Å². The van der Waals surface area contributed by atoms with E-state index in [0.717, 1.165) is 30.5 Å². The summed E-state index contributed by atoms with van der Waals surface area (Å²) in [6.07, 6.45) is 3.34. The first-order chi connectivity index (χ1) is 15.5. The summed E-state index contributed by atoms with van der Waals surface area (Å²) < 4.78 is 18.7. The van der Waals surface area contributed by atoms with Gasteiger partial charge in [-0.3, -0.25) is 9.59 Å². The van der Waals surface area contributed by atoms with E-state index < -0.39 is 0 Å². The number of ether oxygens (including phenoxy) is 1. The number of fused-ring (bicyclic) bond motifs is 1. The van der Waals surface area contributed by atoms with Crippen molar-refractivity contribution in [1.29, 1.82) is 0 Å². The number of nitrogens with zero attached hydrogens (tertiary/aromatic N) is 4. The maximum atomic E-state index is 13.1. The van der Waals surface area contributed by atoms with Crippen LogP contribution in [0.15, 0.2) is 24.3 Å². The molecule has 170 valence electrons. The number of carbonyl (C=O) groups is 2. The predicted octanol–water partition coefficient (Wildman–Crippen LogP) is 2.69. The van der Waals surface area contributed by atoms with E-state index in [4.69, 9.17) is 14.7 Å². The third-order valence-corrected chi connectivity index (χ3v) is 6.06. The topological polar surface area (TPSA) is 87.7 Å². The van der Waals surface area contributed by atoms with Gasteiger partial charge in [0.15, 0.2) is 12.4 Å². The molecule has 0 bridgehead atoms. The third kappa shape index (κ3) is 4.66. The third-order valence-electron chi connectivity index (χ3n) is 6.06. The molecule has 0 spiro atoms. The highest BCUT2D eigenvalue weighted by atomic mass is 19.1. The number of benzene rings is 1. The van der Waals surface area contributed by atoms with Gasteiger partial charge in [0.05, 0.1) is 18.3 Å². The number of likely N-dealkylation sites (tertiary alicyclic amines) is 1. The van der Waals surface area contributed by atoms with Crippen LogP contribution in [0.1, 0.15) is 49.3 Å². The van der Waals surface area contributed by atoms with Crippen LogP contribution in [0.5, 0.6) is 5.75 Å². The predicted molar refractivity (Wildman–Crippen MR) is 117 cm³/mol. The first-order valence-electron chi connectivity index (χ1n) is 11.0. The summed E-state index contributed by atoms with van der Waals surface area (Å²) in [6.45, 7) is 3.17. The van der Waals surface area contributed by atoms with Crippen molar-refractivity contribution in [2.45, 2.75) is 45.2 Å². The zero-order chi connectivity index (χ0) is 22.7. The minimum absolute atomic E-state index is 0.0342. The Morgan fingerprint density at radius 3 is 2.69 bits per heavy atom. The highest BCUT2D eigenvalue weighted by Gasteiger charge is 2.32. The second-order valence-corrected chi connectivity index (χ2v) is 8.14. The Morgan fingerprint density at radius 1 is 1.19 bits per heavy atom. The number of aromatic nitrogens is 2. The van der Waals surface area contributed by atoms with E-state index in [9.17, 15) is 14.0 Å². The number of carbonyl (C=O) groups excluding carboxylic acids is 2. The number of anilines is 1. The van der Waals surface area contributed by atoms with Gasteiger partial charge in [-0.25, -0.2) is 14.4 Å². The molecule has 1 atom stereocenters. The molecule has 0 saturated carbocycles. The van der Waals surface area contributed by atoms with Crippen LogP contribution in [0, 0.1) is 5.82 Å². The number of amides is 2. The Bertz CT molecular complexity index is 981. The van der Waals surface area contributed by atoms with E-state index in [1.54, 1.807) is 23.8 Å². The minimum Gasteiger partial charge on any atom is -0.484 e. The average molecular weight is 442 g/mol. The Hall–Kier alpha value is -3.23. The summed E-state index contributed by atoms with van der Waals surface area (Å²) in [4.78, 5) is 38.0. The van der Waals surface area contributed by atoms with Crippen molar-refractivity contribution in [2.24, 2.45) is 0 Å². The molecule has 4 rings (SSSR count). The van der Waals surface area contributed by atoms with Gasteiger partial charge in [-0.1, -0.05) is 0 Å². The summed E-state index contributed by atoms with van der Waals surface area (Å²) in [5, 5.41) is 3.14. The van der Waals surface area contributed by atoms with Gasteiger partial charge in [0, 0.05) is 39.0 Å². The SMILES string of the molecule is CNc1nc([C@H]2CCCCN2C(=O)COc2ccc(F)cc2)nc2c1CN(C(C)=O)CC2. The zero-order valence-electron chi connectivity index (χ0n) is 18.4. The second-order valence-electron chi connectivity index (χ2n) is 8.14. The highest BCUT2D eigenvalue weighted by Crippen LogP contribution is 2.32. The van der Waals surface area contributed by atoms with E-state index in [0.29, 0.717) is 43.4 Å². The molecule has 9 heteroatoms. The number of hydrogen-bond donors (Lipinski definition) is 1. The molecule has 0 radical (unpaired) electrons. The van der Waals surface area contributed by atoms with Crippen LogP contribution in [0.3, 0.4) is 0 Å². The van der Waals surface area contributed by atoms with Crippen LogP contribution in [0.2, 0.25) is 0 Å². The highest BCUT2D eigenvalue weighted by molar-refractivity contribution is 5.78. The Kier molecular flexibility index (Phi) is 6.53. The first kappa shape index (κ1) is 22.0. The maximum absolute atomic E-state index is 13.1. The Morgan fingerprint density at radius 2 is 1.97 bits per heavy atom. The number of rotatable bonds is 5. The Labute approximate surface area is 186 Å². The normalized spacial score (nSPS) is 18.2. The fourth-order valence-electron chi connectivity index (χ4n) is 4.32. The lowest BCUT2D eigenvalue weighted by molar-refractivity contribution is -0.137. The molecule has 0 unspecified atom stereocenters. The number of piperidine rings is 1. The molecule has 1 aromatic carbocycles. The summed E-state index contributed by atoms with van der Waals surface area (Å²) in [5.41, 5.74) is 1.86. The van der Waals surface area contributed by atoms with Crippen molar-refractivity contribution in [2.75, 3.05) is 32.1 Å². The molecule has 2 aromatic rings. The monoisotopic (exact) mass is 441 g/mol. The number of halogens is 1. The summed E-state index contributed by atoms with van der Waals surface area (Å²) >= 11 is 0. The van der Waals surface area contributed by atoms with Gasteiger partial charge in [-0.15, -0.1) is 0 Å². The van der Waals surface area contributed by atoms with Gasteiger partial charge in [-0.05, 0) is 43.5 Å². The fourth-order valence-corrected chi connectivity index (χ4v) is 4.32. The van der Waals surface area contributed by atoms with Crippen LogP contribution in [-0.2, 0) is 22.6 Å². The van der Waals surface area contributed by atoms with Gasteiger partial charge >= 0.3 is 0 Å². The lowest BCUT2D eigenvalue weighted by atomic mass is 10.00. The number of hydrogen-bond acceptors (Lipinski definition) is 6. The molecule has 2 aliphatic rings. The smallest absolute Gasteiger partial charge is 0.261 e. The molecule has 1 N–H and O–H groups in total. The molecule has 1 saturated heterocycles. The van der Waals surface area contributed by atoms with Crippen LogP contribution >= 0.6 is 0 Å². The van der Waals surface area contributed by atoms with E-state index in [1.165, 1.54) is 24.3 Å². The molecular formula is C23H28FN5O3. The van der Waals surface area contributed by atoms with E-state index in [2.05, 4.69) is 5.32 Å². The van der Waals surface area contributed by atoms with Gasteiger partial charge in [0.25, 0.3) is 5.91 Å². The summed E-state index contributed by atoms with van der Waals surface area (Å²) in [6, 6.07) is 5.39. The van der Waals surface area contributed by atoms with Gasteiger partial charge in [0.1, 0.15) is 17.4 Å². The summed E-state index contributed by atoms with van der Waals surface area (Å²) in [7, 11) is 1.80. The van der Waals surface area contributed by atoms with Gasteiger partial charge in [-0.2, -0.15) is 0 Å². The number of nitrogens with one attached hydrogen (secondary N) is 1. The molecule has 1 fully saturated rings. The molecule has 8 nitrogen and oxygen atoms in total. The van der Waals surface area contributed by atoms with Crippen molar-refractivity contribution in [1.82, 2.24) is 19.8 Å². The lowest BCUT2D eigenvalue weighted by Crippen LogP contribution is -2.42. The Balaban J connectivity index is 1.53. The molecule has 2 amide bonds. The van der Waals surface area contributed by atoms with E-state index in [-0.39, 0.29) is 30.3 Å². The molecule has 0 aliphatic carbocycles. The minimum atomic E-state index is -0.351. The molecule has 32 heavy (non-hydrogen) atoms. The van der Waals surface area contributed by atoms with Crippen molar-refractivity contribution in [3.8, 4) is 5.75 Å². The average Bonchev–Trinajstić information content (AvgIpc) is 2.82. The second kappa shape index (κ2) is 9.50. The van der Waals surface area contributed by atoms with Crippen LogP contribution in [0.25, 0.3) is 0 Å². The van der Waals surface area contributed by atoms with Crippen LogP contribution in [0.4, 0.5) is 10.2 Å².